The van der Waals surface area contributed by atoms with Crippen LogP contribution < -0.4 is 0 Å². The lowest BCUT2D eigenvalue weighted by atomic mass is 10.5. The average molecular weight is 251 g/mol. The Morgan fingerprint density at radius 1 is 1.42 bits per heavy atom. The fourth-order valence-electron chi connectivity index (χ4n) is 2.82. The molecule has 0 N–H and O–H groups in total. The van der Waals surface area contributed by atoms with Crippen molar-refractivity contribution in [3.63, 3.8) is 0 Å². The molecule has 0 radical (unpaired) electrons. The molecule has 0 aliphatic carbocycles. The molecular formula is C7H22SSi4. The molecule has 1 rings (SSSR count). The molecular weight excluding hydrogens is 228 g/mol. The van der Waals surface area contributed by atoms with E-state index < -0.39 is 13.8 Å². The molecule has 12 heavy (non-hydrogen) atoms. The molecule has 3 unspecified atom stereocenters. The van der Waals surface area contributed by atoms with E-state index in [1.165, 1.54) is 15.8 Å². The molecule has 0 aromatic carbocycles. The van der Waals surface area contributed by atoms with E-state index in [9.17, 15) is 0 Å². The minimum atomic E-state index is -0.725. The summed E-state index contributed by atoms with van der Waals surface area (Å²) in [6.07, 6.45) is 2.40. The van der Waals surface area contributed by atoms with Crippen molar-refractivity contribution in [2.75, 3.05) is 6.26 Å². The van der Waals surface area contributed by atoms with Gasteiger partial charge in [-0.15, -0.1) is 0 Å². The smallest absolute Gasteiger partial charge is 0.102 e. The lowest BCUT2D eigenvalue weighted by Crippen LogP contribution is -2.56. The zero-order chi connectivity index (χ0) is 9.41. The van der Waals surface area contributed by atoms with Crippen LogP contribution in [0.5, 0.6) is 0 Å². The van der Waals surface area contributed by atoms with E-state index in [2.05, 4.69) is 37.1 Å². The van der Waals surface area contributed by atoms with Crippen molar-refractivity contribution >= 4 is 44.3 Å². The Balaban J connectivity index is 2.85. The molecule has 0 amide bonds. The van der Waals surface area contributed by atoms with E-state index >= 15 is 0 Å². The van der Waals surface area contributed by atoms with E-state index in [1.54, 1.807) is 12.1 Å². The summed E-state index contributed by atoms with van der Waals surface area (Å²) in [6, 6.07) is 3.44. The van der Waals surface area contributed by atoms with Crippen LogP contribution in [-0.2, 0) is 0 Å². The van der Waals surface area contributed by atoms with E-state index in [-0.39, 0.29) is 0 Å². The summed E-state index contributed by atoms with van der Waals surface area (Å²) in [4.78, 5) is 0. The fraction of sp³-hybridized carbons (Fsp3) is 1.00. The molecule has 3 atom stereocenters. The predicted octanol–water partition coefficient (Wildman–Crippen LogP) is 0.963. The van der Waals surface area contributed by atoms with Crippen LogP contribution in [0.2, 0.25) is 37.3 Å². The lowest BCUT2D eigenvalue weighted by Gasteiger charge is -2.35. The highest BCUT2D eigenvalue weighted by Crippen LogP contribution is 2.47. The van der Waals surface area contributed by atoms with Crippen LogP contribution in [0.4, 0.5) is 0 Å². The molecule has 5 heteroatoms. The van der Waals surface area contributed by atoms with Gasteiger partial charge >= 0.3 is 0 Å². The molecule has 0 nitrogen and oxygen atoms in total. The van der Waals surface area contributed by atoms with Crippen molar-refractivity contribution in [2.24, 2.45) is 0 Å². The lowest BCUT2D eigenvalue weighted by molar-refractivity contribution is 1.07. The van der Waals surface area contributed by atoms with Gasteiger partial charge in [0.25, 0.3) is 0 Å². The Morgan fingerprint density at radius 2 is 2.00 bits per heavy atom. The van der Waals surface area contributed by atoms with Gasteiger partial charge in [-0.3, -0.25) is 0 Å². The maximum atomic E-state index is 2.75. The second-order valence-electron chi connectivity index (χ2n) is 4.86. The van der Waals surface area contributed by atoms with Crippen molar-refractivity contribution in [2.45, 2.75) is 37.3 Å². The first-order chi connectivity index (χ1) is 5.47. The zero-order valence-corrected chi connectivity index (χ0v) is 15.3. The summed E-state index contributed by atoms with van der Waals surface area (Å²) in [5, 5.41) is 0. The average Bonchev–Trinajstić information content (AvgIpc) is 2.25. The Labute approximate surface area is 87.8 Å². The zero-order valence-electron chi connectivity index (χ0n) is 9.11. The predicted molar refractivity (Wildman–Crippen MR) is 74.5 cm³/mol. The van der Waals surface area contributed by atoms with Gasteiger partial charge in [-0.2, -0.15) is 11.2 Å². The summed E-state index contributed by atoms with van der Waals surface area (Å²) in [5.41, 5.74) is 1.22. The van der Waals surface area contributed by atoms with Crippen molar-refractivity contribution < 1.29 is 0 Å². The quantitative estimate of drug-likeness (QED) is 0.658. The van der Waals surface area contributed by atoms with Gasteiger partial charge < -0.3 is 0 Å². The molecule has 0 aromatic heterocycles. The molecule has 1 saturated heterocycles. The SMILES string of the molecule is C[SiH2][Si]1(C)CC([SiH3])C[Si]1(C)SC. The van der Waals surface area contributed by atoms with E-state index in [0.717, 1.165) is 0 Å². The second-order valence-corrected chi connectivity index (χ2v) is 34.9. The van der Waals surface area contributed by atoms with Crippen LogP contribution in [-0.4, -0.2) is 39.4 Å². The third-order valence-corrected chi connectivity index (χ3v) is 51.0. The van der Waals surface area contributed by atoms with Crippen LogP contribution in [0, 0.1) is 0 Å². The monoisotopic (exact) mass is 250 g/mol. The summed E-state index contributed by atoms with van der Waals surface area (Å²) in [6.45, 7) is 7.32. The molecule has 0 aromatic rings. The highest BCUT2D eigenvalue weighted by molar-refractivity contribution is 8.36. The Morgan fingerprint density at radius 3 is 2.33 bits per heavy atom. The van der Waals surface area contributed by atoms with Crippen molar-refractivity contribution in [3.8, 4) is 0 Å². The highest BCUT2D eigenvalue weighted by atomic mass is 32.4. The Bertz CT molecular complexity index is 159. The molecule has 0 spiro atoms. The molecule has 0 bridgehead atoms. The third-order valence-electron chi connectivity index (χ3n) is 4.04. The summed E-state index contributed by atoms with van der Waals surface area (Å²) in [7, 11) is 1.23. The van der Waals surface area contributed by atoms with Gasteiger partial charge in [0.05, 0.1) is 0 Å². The molecule has 0 saturated carbocycles. The fourth-order valence-corrected chi connectivity index (χ4v) is 52.4. The first kappa shape index (κ1) is 11.3. The van der Waals surface area contributed by atoms with Gasteiger partial charge in [0.15, 0.2) is 0 Å². The molecule has 72 valence electrons. The number of hydrogen-bond donors (Lipinski definition) is 0. The first-order valence-electron chi connectivity index (χ1n) is 5.02. The second kappa shape index (κ2) is 3.76. The topological polar surface area (TPSA) is 0 Å². The van der Waals surface area contributed by atoms with Crippen LogP contribution in [0.25, 0.3) is 0 Å². The first-order valence-corrected chi connectivity index (χ1v) is 18.3. The van der Waals surface area contributed by atoms with Crippen molar-refractivity contribution in [1.29, 1.82) is 0 Å². The summed E-state index contributed by atoms with van der Waals surface area (Å²) >= 11 is 2.33. The maximum Gasteiger partial charge on any atom is 0.102 e. The number of hydrogen-bond acceptors (Lipinski definition) is 1. The highest BCUT2D eigenvalue weighted by Gasteiger charge is 2.52. The van der Waals surface area contributed by atoms with Crippen molar-refractivity contribution in [1.82, 2.24) is 0 Å². The minimum Gasteiger partial charge on any atom is -0.192 e. The standard InChI is InChI=1S/C7H22SSi4/c1-8-11(3)5-7(9)6-12(11,4)10-2/h7H,5-6,10H2,1-4,9H3. The van der Waals surface area contributed by atoms with Gasteiger partial charge in [0.1, 0.15) is 6.74 Å². The summed E-state index contributed by atoms with van der Waals surface area (Å²) in [5.74, 6) is 0. The third kappa shape index (κ3) is 1.70. The van der Waals surface area contributed by atoms with Crippen LogP contribution in [0.1, 0.15) is 0 Å². The van der Waals surface area contributed by atoms with Crippen LogP contribution in [0.15, 0.2) is 0 Å². The van der Waals surface area contributed by atoms with Crippen LogP contribution >= 0.6 is 11.2 Å². The molecule has 1 aliphatic heterocycles. The molecule has 1 heterocycles. The normalized spacial score (nSPS) is 49.5. The Hall–Kier alpha value is 1.22. The van der Waals surface area contributed by atoms with Crippen LogP contribution in [0.3, 0.4) is 0 Å². The minimum absolute atomic E-state index is 0.349. The van der Waals surface area contributed by atoms with Gasteiger partial charge in [-0.05, 0) is 6.26 Å². The van der Waals surface area contributed by atoms with Gasteiger partial charge in [0.2, 0.25) is 0 Å². The van der Waals surface area contributed by atoms with Crippen molar-refractivity contribution in [3.05, 3.63) is 0 Å². The van der Waals surface area contributed by atoms with Gasteiger partial charge in [-0.1, -0.05) is 37.3 Å². The summed E-state index contributed by atoms with van der Waals surface area (Å²) < 4.78 is 0. The Kier molecular flexibility index (Phi) is 3.54. The molecule has 1 fully saturated rings. The number of rotatable bonds is 2. The van der Waals surface area contributed by atoms with Gasteiger partial charge in [-0.25, -0.2) is 0 Å². The largest absolute Gasteiger partial charge is 0.192 e. The van der Waals surface area contributed by atoms with E-state index in [0.29, 0.717) is 9.04 Å². The van der Waals surface area contributed by atoms with E-state index in [4.69, 9.17) is 0 Å². The van der Waals surface area contributed by atoms with E-state index in [1.807, 2.05) is 0 Å². The molecule has 1 aliphatic rings. The van der Waals surface area contributed by atoms with Gasteiger partial charge in [0, 0.05) is 26.4 Å². The maximum absolute atomic E-state index is 2.75.